The molecule has 0 aliphatic heterocycles. The van der Waals surface area contributed by atoms with Crippen LogP contribution in [-0.2, 0) is 0 Å². The number of nitro benzene ring substituents is 1. The maximum atomic E-state index is 11.8. The van der Waals surface area contributed by atoms with Gasteiger partial charge in [0.1, 0.15) is 5.56 Å². The lowest BCUT2D eigenvalue weighted by atomic mass is 10.1. The Morgan fingerprint density at radius 3 is 2.95 bits per heavy atom. The molecule has 1 rings (SSSR count). The maximum absolute atomic E-state index is 11.8. The van der Waals surface area contributed by atoms with E-state index in [-0.39, 0.29) is 29.4 Å². The number of rotatable bonds is 6. The van der Waals surface area contributed by atoms with Crippen LogP contribution in [0.1, 0.15) is 16.8 Å². The quantitative estimate of drug-likeness (QED) is 0.216. The predicted octanol–water partition coefficient (Wildman–Crippen LogP) is 2.68. The van der Waals surface area contributed by atoms with Crippen LogP contribution in [0.2, 0.25) is 5.02 Å². The lowest BCUT2D eigenvalue weighted by molar-refractivity contribution is -0.385. The van der Waals surface area contributed by atoms with Gasteiger partial charge in [-0.25, -0.2) is 0 Å². The molecule has 0 saturated heterocycles. The number of carbonyl (C=O) groups excluding carboxylic acids is 1. The standard InChI is InChI=1S/C10H10ClN5O3/c11-7-2-3-8(9(6-7)16(18)19)10(17)13-4-1-5-14-15-12/h2-3,6H,1,4-5H2,(H,13,17). The molecule has 19 heavy (non-hydrogen) atoms. The normalized spacial score (nSPS) is 9.53. The zero-order chi connectivity index (χ0) is 14.3. The fourth-order valence-electron chi connectivity index (χ4n) is 1.34. The molecule has 1 aromatic rings. The molecule has 0 atom stereocenters. The third kappa shape index (κ3) is 4.46. The fourth-order valence-corrected chi connectivity index (χ4v) is 1.51. The summed E-state index contributed by atoms with van der Waals surface area (Å²) < 4.78 is 0. The lowest BCUT2D eigenvalue weighted by Crippen LogP contribution is -2.25. The number of azide groups is 1. The van der Waals surface area contributed by atoms with Crippen LogP contribution in [0.15, 0.2) is 23.3 Å². The molecule has 100 valence electrons. The summed E-state index contributed by atoms with van der Waals surface area (Å²) in [4.78, 5) is 24.5. The lowest BCUT2D eigenvalue weighted by Gasteiger charge is -2.05. The highest BCUT2D eigenvalue weighted by Gasteiger charge is 2.19. The summed E-state index contributed by atoms with van der Waals surface area (Å²) in [5.74, 6) is -0.565. The minimum atomic E-state index is -0.666. The Balaban J connectivity index is 2.71. The largest absolute Gasteiger partial charge is 0.352 e. The molecule has 0 radical (unpaired) electrons. The molecule has 0 bridgehead atoms. The summed E-state index contributed by atoms with van der Waals surface area (Å²) in [6, 6.07) is 3.82. The third-order valence-corrected chi connectivity index (χ3v) is 2.42. The minimum absolute atomic E-state index is 0.0572. The molecule has 0 heterocycles. The van der Waals surface area contributed by atoms with Crippen molar-refractivity contribution in [1.29, 1.82) is 0 Å². The SMILES string of the molecule is [N-]=[N+]=NCCCNC(=O)c1ccc(Cl)cc1[N+](=O)[O-]. The van der Waals surface area contributed by atoms with Crippen molar-refractivity contribution in [3.05, 3.63) is 49.3 Å². The topological polar surface area (TPSA) is 121 Å². The molecule has 0 aliphatic carbocycles. The van der Waals surface area contributed by atoms with E-state index >= 15 is 0 Å². The molecule has 1 amide bonds. The molecule has 1 aromatic carbocycles. The second-order valence-corrected chi connectivity index (χ2v) is 3.92. The van der Waals surface area contributed by atoms with Crippen molar-refractivity contribution < 1.29 is 9.72 Å². The summed E-state index contributed by atoms with van der Waals surface area (Å²) >= 11 is 5.64. The van der Waals surface area contributed by atoms with Crippen molar-refractivity contribution in [3.8, 4) is 0 Å². The number of benzene rings is 1. The number of halogens is 1. The second-order valence-electron chi connectivity index (χ2n) is 3.48. The molecule has 0 unspecified atom stereocenters. The Morgan fingerprint density at radius 2 is 2.32 bits per heavy atom. The van der Waals surface area contributed by atoms with Crippen LogP contribution in [0.3, 0.4) is 0 Å². The molecule has 0 spiro atoms. The predicted molar refractivity (Wildman–Crippen MR) is 69.1 cm³/mol. The first-order valence-corrected chi connectivity index (χ1v) is 5.67. The summed E-state index contributed by atoms with van der Waals surface area (Å²) in [6.45, 7) is 0.511. The number of nitrogens with one attached hydrogen (secondary N) is 1. The van der Waals surface area contributed by atoms with Crippen molar-refractivity contribution in [2.75, 3.05) is 13.1 Å². The highest BCUT2D eigenvalue weighted by atomic mass is 35.5. The van der Waals surface area contributed by atoms with E-state index in [4.69, 9.17) is 17.1 Å². The van der Waals surface area contributed by atoms with E-state index in [1.165, 1.54) is 12.1 Å². The van der Waals surface area contributed by atoms with Gasteiger partial charge in [-0.2, -0.15) is 0 Å². The van der Waals surface area contributed by atoms with Gasteiger partial charge in [0.15, 0.2) is 0 Å². The van der Waals surface area contributed by atoms with Gasteiger partial charge < -0.3 is 5.32 Å². The molecular weight excluding hydrogens is 274 g/mol. The Morgan fingerprint density at radius 1 is 1.58 bits per heavy atom. The Hall–Kier alpha value is -2.31. The van der Waals surface area contributed by atoms with Crippen molar-refractivity contribution in [2.45, 2.75) is 6.42 Å². The van der Waals surface area contributed by atoms with Gasteiger partial charge in [0, 0.05) is 29.1 Å². The van der Waals surface area contributed by atoms with Crippen molar-refractivity contribution in [2.24, 2.45) is 5.11 Å². The highest BCUT2D eigenvalue weighted by Crippen LogP contribution is 2.22. The molecule has 0 fully saturated rings. The third-order valence-electron chi connectivity index (χ3n) is 2.18. The number of hydrogen-bond donors (Lipinski definition) is 1. The van der Waals surface area contributed by atoms with Gasteiger partial charge in [-0.05, 0) is 24.1 Å². The van der Waals surface area contributed by atoms with Crippen LogP contribution in [0.5, 0.6) is 0 Å². The second kappa shape index (κ2) is 7.20. The smallest absolute Gasteiger partial charge is 0.283 e. The van der Waals surface area contributed by atoms with E-state index in [2.05, 4.69) is 15.3 Å². The van der Waals surface area contributed by atoms with Crippen LogP contribution in [-0.4, -0.2) is 23.9 Å². The number of nitrogens with zero attached hydrogens (tertiary/aromatic N) is 4. The van der Waals surface area contributed by atoms with Gasteiger partial charge in [0.2, 0.25) is 0 Å². The zero-order valence-electron chi connectivity index (χ0n) is 9.74. The van der Waals surface area contributed by atoms with Gasteiger partial charge >= 0.3 is 0 Å². The maximum Gasteiger partial charge on any atom is 0.283 e. The summed E-state index contributed by atoms with van der Waals surface area (Å²) in [6.07, 6.45) is 0.456. The first-order chi connectivity index (χ1) is 9.06. The Labute approximate surface area is 113 Å². The molecule has 8 nitrogen and oxygen atoms in total. The molecule has 0 aliphatic rings. The number of carbonyl (C=O) groups is 1. The van der Waals surface area contributed by atoms with E-state index in [0.29, 0.717) is 6.42 Å². The zero-order valence-corrected chi connectivity index (χ0v) is 10.5. The van der Waals surface area contributed by atoms with Crippen LogP contribution in [0.4, 0.5) is 5.69 Å². The average Bonchev–Trinajstić information content (AvgIpc) is 2.38. The summed E-state index contributed by atoms with van der Waals surface area (Å²) in [5, 5.41) is 16.8. The minimum Gasteiger partial charge on any atom is -0.352 e. The van der Waals surface area contributed by atoms with E-state index in [1.54, 1.807) is 0 Å². The number of amides is 1. The number of hydrogen-bond acceptors (Lipinski definition) is 4. The summed E-state index contributed by atoms with van der Waals surface area (Å²) in [5.41, 5.74) is 7.66. The molecule has 0 saturated carbocycles. The van der Waals surface area contributed by atoms with E-state index < -0.39 is 10.8 Å². The monoisotopic (exact) mass is 283 g/mol. The average molecular weight is 284 g/mol. The molecule has 1 N–H and O–H groups in total. The first-order valence-electron chi connectivity index (χ1n) is 5.29. The molecule has 0 aromatic heterocycles. The van der Waals surface area contributed by atoms with Crippen molar-refractivity contribution >= 4 is 23.2 Å². The van der Waals surface area contributed by atoms with Crippen LogP contribution < -0.4 is 5.32 Å². The molecular formula is C10H10ClN5O3. The first kappa shape index (κ1) is 14.7. The van der Waals surface area contributed by atoms with Gasteiger partial charge in [-0.3, -0.25) is 14.9 Å². The summed E-state index contributed by atoms with van der Waals surface area (Å²) in [7, 11) is 0. The van der Waals surface area contributed by atoms with Crippen molar-refractivity contribution in [1.82, 2.24) is 5.32 Å². The fraction of sp³-hybridized carbons (Fsp3) is 0.300. The van der Waals surface area contributed by atoms with Crippen molar-refractivity contribution in [3.63, 3.8) is 0 Å². The Kier molecular flexibility index (Phi) is 5.59. The van der Waals surface area contributed by atoms with Crippen LogP contribution >= 0.6 is 11.6 Å². The number of nitro groups is 1. The van der Waals surface area contributed by atoms with Gasteiger partial charge in [0.25, 0.3) is 11.6 Å². The van der Waals surface area contributed by atoms with Gasteiger partial charge in [-0.1, -0.05) is 16.7 Å². The Bertz CT molecular complexity index is 542. The van der Waals surface area contributed by atoms with Crippen LogP contribution in [0, 0.1) is 10.1 Å². The highest BCUT2D eigenvalue weighted by molar-refractivity contribution is 6.31. The molecule has 9 heteroatoms. The van der Waals surface area contributed by atoms with Crippen LogP contribution in [0.25, 0.3) is 10.4 Å². The van der Waals surface area contributed by atoms with E-state index in [9.17, 15) is 14.9 Å². The van der Waals surface area contributed by atoms with E-state index in [1.807, 2.05) is 0 Å². The van der Waals surface area contributed by atoms with Gasteiger partial charge in [-0.15, -0.1) is 0 Å². The van der Waals surface area contributed by atoms with E-state index in [0.717, 1.165) is 6.07 Å². The van der Waals surface area contributed by atoms with Gasteiger partial charge in [0.05, 0.1) is 4.92 Å².